The summed E-state index contributed by atoms with van der Waals surface area (Å²) in [7, 11) is 0. The van der Waals surface area contributed by atoms with Crippen molar-refractivity contribution in [1.29, 1.82) is 0 Å². The molecule has 0 aliphatic carbocycles. The molecule has 2 heteroatoms. The lowest BCUT2D eigenvalue weighted by Crippen LogP contribution is -2.31. The second-order valence-electron chi connectivity index (χ2n) is 2.39. The van der Waals surface area contributed by atoms with Gasteiger partial charge in [0.1, 0.15) is 0 Å². The molecule has 1 unspecified atom stereocenters. The van der Waals surface area contributed by atoms with Gasteiger partial charge in [-0.15, -0.1) is 0 Å². The summed E-state index contributed by atoms with van der Waals surface area (Å²) in [6.45, 7) is 10.5. The molecule has 1 atom stereocenters. The standard InChI is InChI=1S/C6H13NO.2C2H6/c8-5-6-2-1-3-7-4-6;2*1-2/h6-8H,1-5H2;2*1-2H3. The Morgan fingerprint density at radius 1 is 1.25 bits per heavy atom. The number of aliphatic hydroxyl groups is 1. The normalized spacial score (nSPS) is 21.2. The monoisotopic (exact) mass is 175 g/mol. The zero-order valence-electron chi connectivity index (χ0n) is 9.06. The van der Waals surface area contributed by atoms with E-state index in [1.807, 2.05) is 27.7 Å². The van der Waals surface area contributed by atoms with E-state index in [4.69, 9.17) is 5.11 Å². The minimum atomic E-state index is 0.354. The van der Waals surface area contributed by atoms with E-state index < -0.39 is 0 Å². The molecule has 1 aliphatic rings. The topological polar surface area (TPSA) is 32.3 Å². The van der Waals surface area contributed by atoms with Gasteiger partial charge in [0.2, 0.25) is 0 Å². The van der Waals surface area contributed by atoms with Gasteiger partial charge in [-0.05, 0) is 25.3 Å². The van der Waals surface area contributed by atoms with Gasteiger partial charge < -0.3 is 10.4 Å². The van der Waals surface area contributed by atoms with Gasteiger partial charge in [-0.25, -0.2) is 0 Å². The molecule has 1 aliphatic heterocycles. The minimum Gasteiger partial charge on any atom is -0.396 e. The molecule has 2 N–H and O–H groups in total. The Morgan fingerprint density at radius 2 is 1.83 bits per heavy atom. The van der Waals surface area contributed by atoms with Crippen LogP contribution < -0.4 is 5.32 Å². The molecule has 0 aromatic rings. The lowest BCUT2D eigenvalue weighted by atomic mass is 10.0. The maximum atomic E-state index is 8.65. The molecule has 0 amide bonds. The van der Waals surface area contributed by atoms with Crippen LogP contribution in [0.2, 0.25) is 0 Å². The Bertz CT molecular complexity index is 60.9. The fourth-order valence-corrected chi connectivity index (χ4v) is 1.08. The summed E-state index contributed by atoms with van der Waals surface area (Å²) in [6.07, 6.45) is 2.43. The van der Waals surface area contributed by atoms with E-state index in [0.717, 1.165) is 13.1 Å². The Hall–Kier alpha value is -0.0800. The van der Waals surface area contributed by atoms with Crippen molar-refractivity contribution in [2.24, 2.45) is 5.92 Å². The summed E-state index contributed by atoms with van der Waals surface area (Å²) >= 11 is 0. The third-order valence-corrected chi connectivity index (χ3v) is 1.66. The second kappa shape index (κ2) is 13.5. The van der Waals surface area contributed by atoms with Gasteiger partial charge in [-0.1, -0.05) is 27.7 Å². The molecule has 1 rings (SSSR count). The van der Waals surface area contributed by atoms with Crippen LogP contribution in [-0.2, 0) is 0 Å². The molecule has 0 bridgehead atoms. The van der Waals surface area contributed by atoms with Crippen molar-refractivity contribution in [2.75, 3.05) is 19.7 Å². The smallest absolute Gasteiger partial charge is 0.0471 e. The van der Waals surface area contributed by atoms with Crippen molar-refractivity contribution in [3.8, 4) is 0 Å². The number of piperidine rings is 1. The molecule has 76 valence electrons. The molecule has 12 heavy (non-hydrogen) atoms. The molecule has 0 radical (unpaired) electrons. The largest absolute Gasteiger partial charge is 0.396 e. The summed E-state index contributed by atoms with van der Waals surface area (Å²) < 4.78 is 0. The molecule has 1 heterocycles. The van der Waals surface area contributed by atoms with Gasteiger partial charge in [0.05, 0.1) is 0 Å². The Kier molecular flexibility index (Phi) is 16.3. The van der Waals surface area contributed by atoms with Crippen LogP contribution in [0.25, 0.3) is 0 Å². The highest BCUT2D eigenvalue weighted by Gasteiger charge is 2.09. The molecular formula is C10H25NO. The number of hydrogen-bond donors (Lipinski definition) is 2. The first-order valence-electron chi connectivity index (χ1n) is 5.25. The number of aliphatic hydroxyl groups excluding tert-OH is 1. The SMILES string of the molecule is CC.CC.OCC1CCCNC1. The summed E-state index contributed by atoms with van der Waals surface area (Å²) in [5.41, 5.74) is 0. The number of rotatable bonds is 1. The maximum Gasteiger partial charge on any atom is 0.0471 e. The van der Waals surface area contributed by atoms with Crippen LogP contribution in [-0.4, -0.2) is 24.8 Å². The fraction of sp³-hybridized carbons (Fsp3) is 1.00. The molecule has 0 aromatic heterocycles. The zero-order chi connectivity index (χ0) is 9.82. The van der Waals surface area contributed by atoms with Crippen LogP contribution in [0, 0.1) is 5.92 Å². The highest BCUT2D eigenvalue weighted by atomic mass is 16.3. The third kappa shape index (κ3) is 8.02. The first kappa shape index (κ1) is 14.4. The number of hydrogen-bond acceptors (Lipinski definition) is 2. The lowest BCUT2D eigenvalue weighted by Gasteiger charge is -2.19. The van der Waals surface area contributed by atoms with E-state index in [9.17, 15) is 0 Å². The quantitative estimate of drug-likeness (QED) is 0.639. The van der Waals surface area contributed by atoms with Crippen molar-refractivity contribution < 1.29 is 5.11 Å². The molecular weight excluding hydrogens is 150 g/mol. The summed E-state index contributed by atoms with van der Waals surface area (Å²) in [6, 6.07) is 0. The van der Waals surface area contributed by atoms with E-state index in [0.29, 0.717) is 12.5 Å². The molecule has 0 saturated carbocycles. The van der Waals surface area contributed by atoms with Crippen molar-refractivity contribution in [2.45, 2.75) is 40.5 Å². The van der Waals surface area contributed by atoms with Crippen LogP contribution >= 0.6 is 0 Å². The second-order valence-corrected chi connectivity index (χ2v) is 2.39. The van der Waals surface area contributed by atoms with Gasteiger partial charge in [-0.3, -0.25) is 0 Å². The van der Waals surface area contributed by atoms with Gasteiger partial charge in [0.25, 0.3) is 0 Å². The first-order valence-corrected chi connectivity index (χ1v) is 5.25. The molecule has 0 spiro atoms. The van der Waals surface area contributed by atoms with Gasteiger partial charge in [-0.2, -0.15) is 0 Å². The van der Waals surface area contributed by atoms with E-state index in [1.54, 1.807) is 0 Å². The zero-order valence-corrected chi connectivity index (χ0v) is 9.06. The summed E-state index contributed by atoms with van der Waals surface area (Å²) in [5, 5.41) is 11.9. The van der Waals surface area contributed by atoms with Crippen molar-refractivity contribution >= 4 is 0 Å². The van der Waals surface area contributed by atoms with Crippen LogP contribution in [0.15, 0.2) is 0 Å². The van der Waals surface area contributed by atoms with E-state index in [2.05, 4.69) is 5.32 Å². The van der Waals surface area contributed by atoms with Gasteiger partial charge in [0.15, 0.2) is 0 Å². The van der Waals surface area contributed by atoms with Crippen molar-refractivity contribution in [1.82, 2.24) is 5.32 Å². The van der Waals surface area contributed by atoms with Crippen LogP contribution in [0.1, 0.15) is 40.5 Å². The van der Waals surface area contributed by atoms with Crippen LogP contribution in [0.3, 0.4) is 0 Å². The van der Waals surface area contributed by atoms with E-state index in [1.165, 1.54) is 12.8 Å². The summed E-state index contributed by atoms with van der Waals surface area (Å²) in [5.74, 6) is 0.531. The van der Waals surface area contributed by atoms with Crippen LogP contribution in [0.4, 0.5) is 0 Å². The maximum absolute atomic E-state index is 8.65. The average Bonchev–Trinajstić information content (AvgIpc) is 2.25. The van der Waals surface area contributed by atoms with E-state index >= 15 is 0 Å². The Morgan fingerprint density at radius 3 is 2.08 bits per heavy atom. The highest BCUT2D eigenvalue weighted by molar-refractivity contribution is 4.66. The van der Waals surface area contributed by atoms with Crippen LogP contribution in [0.5, 0.6) is 0 Å². The molecule has 2 nitrogen and oxygen atoms in total. The van der Waals surface area contributed by atoms with Gasteiger partial charge >= 0.3 is 0 Å². The highest BCUT2D eigenvalue weighted by Crippen LogP contribution is 2.07. The molecule has 1 saturated heterocycles. The predicted molar refractivity (Wildman–Crippen MR) is 55.4 cm³/mol. The van der Waals surface area contributed by atoms with Crippen molar-refractivity contribution in [3.63, 3.8) is 0 Å². The van der Waals surface area contributed by atoms with Crippen molar-refractivity contribution in [3.05, 3.63) is 0 Å². The molecule has 0 aromatic carbocycles. The molecule has 1 fully saturated rings. The Labute approximate surface area is 77.4 Å². The van der Waals surface area contributed by atoms with E-state index in [-0.39, 0.29) is 0 Å². The third-order valence-electron chi connectivity index (χ3n) is 1.66. The lowest BCUT2D eigenvalue weighted by molar-refractivity contribution is 0.199. The summed E-state index contributed by atoms with van der Waals surface area (Å²) in [4.78, 5) is 0. The first-order chi connectivity index (χ1) is 5.93. The minimum absolute atomic E-state index is 0.354. The fourth-order valence-electron chi connectivity index (χ4n) is 1.08. The Balaban J connectivity index is 0. The predicted octanol–water partition coefficient (Wildman–Crippen LogP) is 2.03. The van der Waals surface area contributed by atoms with Gasteiger partial charge in [0, 0.05) is 13.2 Å². The average molecular weight is 175 g/mol. The number of nitrogens with one attached hydrogen (secondary N) is 1.